The maximum atomic E-state index is 8.09. The van der Waals surface area contributed by atoms with E-state index in [1.54, 1.807) is 13.8 Å². The minimum absolute atomic E-state index is 0.167. The summed E-state index contributed by atoms with van der Waals surface area (Å²) in [5.41, 5.74) is 0. The van der Waals surface area contributed by atoms with Crippen LogP contribution in [-0.2, 0) is 0 Å². The van der Waals surface area contributed by atoms with E-state index in [9.17, 15) is 0 Å². The zero-order valence-electron chi connectivity index (χ0n) is 6.75. The second kappa shape index (κ2) is 11.6. The fourth-order valence-electron chi connectivity index (χ4n) is 0.224. The van der Waals surface area contributed by atoms with Crippen LogP contribution in [0.15, 0.2) is 0 Å². The van der Waals surface area contributed by atoms with Crippen molar-refractivity contribution in [1.82, 2.24) is 0 Å². The summed E-state index contributed by atoms with van der Waals surface area (Å²) in [7, 11) is 0. The number of unbranched alkanes of at least 4 members (excludes halogenated alkanes) is 1. The van der Waals surface area contributed by atoms with E-state index in [1.165, 1.54) is 0 Å². The van der Waals surface area contributed by atoms with Crippen LogP contribution in [0.2, 0.25) is 0 Å². The fourth-order valence-corrected chi connectivity index (χ4v) is 0.224. The van der Waals surface area contributed by atoms with Gasteiger partial charge in [-0.15, -0.1) is 0 Å². The van der Waals surface area contributed by atoms with Crippen molar-refractivity contribution in [3.8, 4) is 0 Å². The molecule has 0 aromatic carbocycles. The topological polar surface area (TPSA) is 60.7 Å². The van der Waals surface area contributed by atoms with Crippen LogP contribution in [0.5, 0.6) is 0 Å². The van der Waals surface area contributed by atoms with Gasteiger partial charge in [-0.1, -0.05) is 0 Å². The van der Waals surface area contributed by atoms with E-state index in [0.29, 0.717) is 0 Å². The van der Waals surface area contributed by atoms with Crippen molar-refractivity contribution in [2.24, 2.45) is 0 Å². The number of hydrogen-bond acceptors (Lipinski definition) is 3. The van der Waals surface area contributed by atoms with Gasteiger partial charge < -0.3 is 15.3 Å². The van der Waals surface area contributed by atoms with Crippen LogP contribution in [0.25, 0.3) is 0 Å². The third-order valence-corrected chi connectivity index (χ3v) is 0.566. The molecule has 0 atom stereocenters. The van der Waals surface area contributed by atoms with E-state index in [2.05, 4.69) is 0 Å². The van der Waals surface area contributed by atoms with Crippen LogP contribution in [0.1, 0.15) is 26.7 Å². The van der Waals surface area contributed by atoms with E-state index < -0.39 is 0 Å². The molecule has 0 rings (SSSR count). The Bertz CT molecular complexity index is 39.4. The molecule has 0 aliphatic carbocycles. The summed E-state index contributed by atoms with van der Waals surface area (Å²) in [5.74, 6) is 0. The van der Waals surface area contributed by atoms with Crippen LogP contribution in [0, 0.1) is 0 Å². The van der Waals surface area contributed by atoms with Gasteiger partial charge in [0.2, 0.25) is 0 Å². The van der Waals surface area contributed by atoms with Crippen LogP contribution in [0.3, 0.4) is 0 Å². The molecule has 0 saturated heterocycles. The minimum Gasteiger partial charge on any atom is -0.396 e. The minimum atomic E-state index is -0.167. The summed E-state index contributed by atoms with van der Waals surface area (Å²) in [5, 5.41) is 24.2. The molecule has 0 heterocycles. The lowest BCUT2D eigenvalue weighted by Crippen LogP contribution is -1.85. The first-order valence-electron chi connectivity index (χ1n) is 3.55. The van der Waals surface area contributed by atoms with Gasteiger partial charge in [0, 0.05) is 19.3 Å². The van der Waals surface area contributed by atoms with Crippen LogP contribution >= 0.6 is 0 Å². The average molecular weight is 150 g/mol. The average Bonchev–Trinajstić information content (AvgIpc) is 1.82. The van der Waals surface area contributed by atoms with Gasteiger partial charge in [-0.05, 0) is 26.7 Å². The highest BCUT2D eigenvalue weighted by atomic mass is 16.3. The highest BCUT2D eigenvalue weighted by molar-refractivity contribution is 4.30. The van der Waals surface area contributed by atoms with Gasteiger partial charge in [-0.2, -0.15) is 0 Å². The predicted molar refractivity (Wildman–Crippen MR) is 40.8 cm³/mol. The lowest BCUT2D eigenvalue weighted by molar-refractivity contribution is 0.216. The Kier molecular flexibility index (Phi) is 14.6. The van der Waals surface area contributed by atoms with Crippen molar-refractivity contribution >= 4 is 0 Å². The van der Waals surface area contributed by atoms with E-state index in [4.69, 9.17) is 15.3 Å². The van der Waals surface area contributed by atoms with Crippen molar-refractivity contribution < 1.29 is 15.3 Å². The lowest BCUT2D eigenvalue weighted by atomic mass is 10.3. The molecule has 0 aromatic heterocycles. The Balaban J connectivity index is 0. The zero-order chi connectivity index (χ0) is 8.41. The van der Waals surface area contributed by atoms with E-state index in [0.717, 1.165) is 12.8 Å². The van der Waals surface area contributed by atoms with Gasteiger partial charge in [-0.25, -0.2) is 0 Å². The summed E-state index contributed by atoms with van der Waals surface area (Å²) < 4.78 is 0. The van der Waals surface area contributed by atoms with Gasteiger partial charge in [-0.3, -0.25) is 0 Å². The monoisotopic (exact) mass is 150 g/mol. The maximum Gasteiger partial charge on any atom is 0.0483 e. The molecule has 64 valence electrons. The van der Waals surface area contributed by atoms with Gasteiger partial charge in [0.25, 0.3) is 0 Å². The van der Waals surface area contributed by atoms with Crippen molar-refractivity contribution in [2.75, 3.05) is 13.2 Å². The van der Waals surface area contributed by atoms with Gasteiger partial charge >= 0.3 is 0 Å². The Morgan fingerprint density at radius 3 is 1.30 bits per heavy atom. The Morgan fingerprint density at radius 2 is 1.20 bits per heavy atom. The summed E-state index contributed by atoms with van der Waals surface area (Å²) in [6, 6.07) is 0. The molecule has 0 bridgehead atoms. The molecule has 0 radical (unpaired) electrons. The zero-order valence-corrected chi connectivity index (χ0v) is 6.75. The number of aliphatic hydroxyl groups is 3. The molecule has 0 aliphatic rings. The molecular formula is C7H18O3. The predicted octanol–water partition coefficient (Wildman–Crippen LogP) is 0.138. The molecule has 0 aliphatic heterocycles. The Hall–Kier alpha value is -0.120. The fraction of sp³-hybridized carbons (Fsp3) is 1.00. The smallest absolute Gasteiger partial charge is 0.0483 e. The standard InChI is InChI=1S/C4H10O2.C3H8O/c5-3-1-2-4-6;1-3(2)4/h5-6H,1-4H2;3-4H,1-2H3. The van der Waals surface area contributed by atoms with E-state index in [-0.39, 0.29) is 19.3 Å². The Morgan fingerprint density at radius 1 is 1.00 bits per heavy atom. The van der Waals surface area contributed by atoms with E-state index >= 15 is 0 Å². The number of rotatable bonds is 3. The molecule has 3 nitrogen and oxygen atoms in total. The first-order chi connectivity index (χ1) is 4.65. The second-order valence-electron chi connectivity index (χ2n) is 2.25. The normalized spacial score (nSPS) is 9.00. The van der Waals surface area contributed by atoms with Gasteiger partial charge in [0.15, 0.2) is 0 Å². The van der Waals surface area contributed by atoms with Crippen molar-refractivity contribution in [2.45, 2.75) is 32.8 Å². The molecule has 0 saturated carbocycles. The quantitative estimate of drug-likeness (QED) is 0.501. The molecular weight excluding hydrogens is 132 g/mol. The molecule has 0 fully saturated rings. The number of aliphatic hydroxyl groups excluding tert-OH is 3. The second-order valence-corrected chi connectivity index (χ2v) is 2.25. The van der Waals surface area contributed by atoms with E-state index in [1.807, 2.05) is 0 Å². The molecule has 3 N–H and O–H groups in total. The van der Waals surface area contributed by atoms with Crippen LogP contribution in [-0.4, -0.2) is 34.6 Å². The summed E-state index contributed by atoms with van der Waals surface area (Å²) in [4.78, 5) is 0. The highest BCUT2D eigenvalue weighted by Gasteiger charge is 1.77. The van der Waals surface area contributed by atoms with Gasteiger partial charge in [0.1, 0.15) is 0 Å². The molecule has 0 spiro atoms. The summed E-state index contributed by atoms with van der Waals surface area (Å²) in [6.07, 6.45) is 1.27. The van der Waals surface area contributed by atoms with Crippen molar-refractivity contribution in [1.29, 1.82) is 0 Å². The maximum absolute atomic E-state index is 8.09. The largest absolute Gasteiger partial charge is 0.396 e. The SMILES string of the molecule is CC(C)O.OCCCCO. The molecule has 10 heavy (non-hydrogen) atoms. The molecule has 0 amide bonds. The summed E-state index contributed by atoms with van der Waals surface area (Å²) in [6.45, 7) is 3.83. The lowest BCUT2D eigenvalue weighted by Gasteiger charge is -1.85. The highest BCUT2D eigenvalue weighted by Crippen LogP contribution is 1.80. The molecule has 0 unspecified atom stereocenters. The third kappa shape index (κ3) is 45.0. The Labute approximate surface area is 62.3 Å². The first-order valence-corrected chi connectivity index (χ1v) is 3.55. The molecule has 0 aromatic rings. The number of hydrogen-bond donors (Lipinski definition) is 3. The van der Waals surface area contributed by atoms with Crippen LogP contribution in [0.4, 0.5) is 0 Å². The first kappa shape index (κ1) is 12.5. The van der Waals surface area contributed by atoms with Crippen molar-refractivity contribution in [3.05, 3.63) is 0 Å². The van der Waals surface area contributed by atoms with Crippen LogP contribution < -0.4 is 0 Å². The molecule has 3 heteroatoms. The third-order valence-electron chi connectivity index (χ3n) is 0.566. The van der Waals surface area contributed by atoms with Gasteiger partial charge in [0.05, 0.1) is 0 Å². The van der Waals surface area contributed by atoms with Crippen molar-refractivity contribution in [3.63, 3.8) is 0 Å². The summed E-state index contributed by atoms with van der Waals surface area (Å²) >= 11 is 0.